The summed E-state index contributed by atoms with van der Waals surface area (Å²) in [6, 6.07) is 7.70. The fourth-order valence-electron chi connectivity index (χ4n) is 5.48. The van der Waals surface area contributed by atoms with Crippen molar-refractivity contribution >= 4 is 39.9 Å². The molecule has 1 aromatic carbocycles. The molecule has 5 rings (SSSR count). The Morgan fingerprint density at radius 2 is 2.09 bits per heavy atom. The van der Waals surface area contributed by atoms with Crippen LogP contribution in [-0.2, 0) is 16.8 Å². The third kappa shape index (κ3) is 4.41. The van der Waals surface area contributed by atoms with E-state index in [4.69, 9.17) is 11.6 Å². The van der Waals surface area contributed by atoms with Crippen molar-refractivity contribution in [2.75, 3.05) is 11.9 Å². The first-order valence-electron chi connectivity index (χ1n) is 11.5. The quantitative estimate of drug-likeness (QED) is 0.399. The monoisotopic (exact) mass is 518 g/mol. The molecule has 2 aromatic heterocycles. The minimum absolute atomic E-state index is 0.0295. The molecule has 184 valence electrons. The maximum Gasteiger partial charge on any atom is 0.310 e. The van der Waals surface area contributed by atoms with Gasteiger partial charge in [-0.05, 0) is 50.8 Å². The van der Waals surface area contributed by atoms with Crippen molar-refractivity contribution in [3.8, 4) is 0 Å². The van der Waals surface area contributed by atoms with E-state index in [9.17, 15) is 18.7 Å². The Kier molecular flexibility index (Phi) is 6.27. The van der Waals surface area contributed by atoms with Crippen LogP contribution in [0.15, 0.2) is 41.9 Å². The maximum atomic E-state index is 14.9. The Bertz CT molecular complexity index is 1250. The summed E-state index contributed by atoms with van der Waals surface area (Å²) in [6.07, 6.45) is 3.80. The first kappa shape index (κ1) is 24.1. The van der Waals surface area contributed by atoms with Crippen molar-refractivity contribution in [2.24, 2.45) is 5.41 Å². The molecule has 10 heteroatoms. The van der Waals surface area contributed by atoms with E-state index < -0.39 is 28.6 Å². The Morgan fingerprint density at radius 1 is 1.29 bits per heavy atom. The van der Waals surface area contributed by atoms with Crippen molar-refractivity contribution < 1.29 is 18.7 Å². The number of nitrogens with one attached hydrogen (secondary N) is 1. The van der Waals surface area contributed by atoms with Crippen molar-refractivity contribution in [1.29, 1.82) is 0 Å². The Balaban J connectivity index is 1.39. The highest BCUT2D eigenvalue weighted by molar-refractivity contribution is 7.13. The fraction of sp³-hybridized carbons (Fsp3) is 0.400. The second-order valence-electron chi connectivity index (χ2n) is 9.48. The van der Waals surface area contributed by atoms with Gasteiger partial charge in [-0.2, -0.15) is 0 Å². The number of anilines is 2. The van der Waals surface area contributed by atoms with E-state index in [1.807, 2.05) is 12.3 Å². The first-order chi connectivity index (χ1) is 16.7. The molecule has 6 nitrogen and oxygen atoms in total. The summed E-state index contributed by atoms with van der Waals surface area (Å²) in [5, 5.41) is 15.8. The predicted molar refractivity (Wildman–Crippen MR) is 131 cm³/mol. The lowest BCUT2D eigenvalue weighted by Crippen LogP contribution is -2.53. The summed E-state index contributed by atoms with van der Waals surface area (Å²) in [5.74, 6) is -1.51. The lowest BCUT2D eigenvalue weighted by molar-refractivity contribution is -0.154. The van der Waals surface area contributed by atoms with Crippen molar-refractivity contribution in [1.82, 2.24) is 14.9 Å². The van der Waals surface area contributed by atoms with Crippen LogP contribution in [0.3, 0.4) is 0 Å². The second kappa shape index (κ2) is 9.11. The van der Waals surface area contributed by atoms with Crippen molar-refractivity contribution in [3.63, 3.8) is 0 Å². The van der Waals surface area contributed by atoms with Gasteiger partial charge in [-0.3, -0.25) is 9.69 Å². The molecule has 0 spiro atoms. The summed E-state index contributed by atoms with van der Waals surface area (Å²) in [5.41, 5.74) is -0.975. The third-order valence-electron chi connectivity index (χ3n) is 7.32. The number of carbonyl (C=O) groups is 1. The number of halogens is 3. The second-order valence-corrected chi connectivity index (χ2v) is 10.8. The standard InChI is InChI=1S/C25H25ClF2N4O2S/c1-15-13-24(22(33)34,14-19-18(27)5-6-20(30-19)31-23-29-10-12-35-23)9-11-32(15)25(7-8-25)16-3-2-4-17(26)21(16)28/h2-6,10,12,15H,7-9,11,13-14H2,1H3,(H,33,34)(H,29,30,31). The van der Waals surface area contributed by atoms with Gasteiger partial charge in [0.15, 0.2) is 5.13 Å². The van der Waals surface area contributed by atoms with Gasteiger partial charge >= 0.3 is 5.97 Å². The van der Waals surface area contributed by atoms with Gasteiger partial charge in [-0.25, -0.2) is 18.7 Å². The van der Waals surface area contributed by atoms with E-state index >= 15 is 0 Å². The highest BCUT2D eigenvalue weighted by Gasteiger charge is 2.56. The van der Waals surface area contributed by atoms with Crippen LogP contribution in [0.1, 0.15) is 43.9 Å². The van der Waals surface area contributed by atoms with Gasteiger partial charge in [0.05, 0.1) is 16.1 Å². The van der Waals surface area contributed by atoms with Crippen LogP contribution >= 0.6 is 22.9 Å². The molecule has 2 fully saturated rings. The number of aliphatic carboxylic acids is 1. The van der Waals surface area contributed by atoms with Crippen molar-refractivity contribution in [2.45, 2.75) is 50.6 Å². The fourth-order valence-corrected chi connectivity index (χ4v) is 6.20. The zero-order valence-corrected chi connectivity index (χ0v) is 20.7. The number of nitrogens with zero attached hydrogens (tertiary/aromatic N) is 3. The number of thiazole rings is 1. The van der Waals surface area contributed by atoms with Crippen molar-refractivity contribution in [3.05, 3.63) is 69.8 Å². The van der Waals surface area contributed by atoms with Crippen LogP contribution in [-0.4, -0.2) is 38.5 Å². The van der Waals surface area contributed by atoms with E-state index in [2.05, 4.69) is 20.2 Å². The molecule has 0 radical (unpaired) electrons. The smallest absolute Gasteiger partial charge is 0.310 e. The molecule has 2 unspecified atom stereocenters. The number of pyridine rings is 1. The van der Waals surface area contributed by atoms with Crippen LogP contribution in [0.5, 0.6) is 0 Å². The van der Waals surface area contributed by atoms with E-state index in [0.717, 1.165) is 12.8 Å². The van der Waals surface area contributed by atoms with Gasteiger partial charge < -0.3 is 10.4 Å². The van der Waals surface area contributed by atoms with E-state index in [1.54, 1.807) is 18.3 Å². The number of benzene rings is 1. The zero-order valence-electron chi connectivity index (χ0n) is 19.1. The number of likely N-dealkylation sites (tertiary alicyclic amines) is 1. The summed E-state index contributed by atoms with van der Waals surface area (Å²) >= 11 is 7.44. The Hall–Kier alpha value is -2.62. The Morgan fingerprint density at radius 3 is 2.74 bits per heavy atom. The molecular weight excluding hydrogens is 494 g/mol. The molecule has 2 atom stereocenters. The SMILES string of the molecule is CC1CC(Cc2nc(Nc3nccs3)ccc2F)(C(=O)O)CCN1C1(c2cccc(Cl)c2F)CC1. The van der Waals surface area contributed by atoms with Gasteiger partial charge in [0.1, 0.15) is 17.5 Å². The molecule has 1 saturated carbocycles. The van der Waals surface area contributed by atoms with Crippen LogP contribution in [0.4, 0.5) is 19.7 Å². The number of carboxylic acid groups (broad SMARTS) is 1. The minimum atomic E-state index is -1.17. The number of carboxylic acids is 1. The number of aromatic nitrogens is 2. The van der Waals surface area contributed by atoms with Crippen LogP contribution in [0.2, 0.25) is 5.02 Å². The highest BCUT2D eigenvalue weighted by atomic mass is 35.5. The van der Waals surface area contributed by atoms with Gasteiger partial charge in [-0.1, -0.05) is 23.7 Å². The largest absolute Gasteiger partial charge is 0.481 e. The number of rotatable bonds is 7. The molecule has 2 N–H and O–H groups in total. The molecular formula is C25H25ClF2N4O2S. The molecule has 0 bridgehead atoms. The molecule has 3 aromatic rings. The lowest BCUT2D eigenvalue weighted by Gasteiger charge is -2.47. The number of hydrogen-bond acceptors (Lipinski definition) is 6. The van der Waals surface area contributed by atoms with Crippen LogP contribution in [0, 0.1) is 17.0 Å². The van der Waals surface area contributed by atoms with E-state index in [-0.39, 0.29) is 23.2 Å². The van der Waals surface area contributed by atoms with Crippen LogP contribution < -0.4 is 5.32 Å². The predicted octanol–water partition coefficient (Wildman–Crippen LogP) is 6.00. The molecule has 3 heterocycles. The van der Waals surface area contributed by atoms with Gasteiger partial charge in [0.2, 0.25) is 0 Å². The van der Waals surface area contributed by atoms with E-state index in [0.29, 0.717) is 35.9 Å². The number of piperidine rings is 1. The number of hydrogen-bond donors (Lipinski definition) is 2. The molecule has 2 aliphatic rings. The minimum Gasteiger partial charge on any atom is -0.481 e. The normalized spacial score (nSPS) is 23.7. The molecule has 1 aliphatic carbocycles. The topological polar surface area (TPSA) is 78.3 Å². The summed E-state index contributed by atoms with van der Waals surface area (Å²) in [4.78, 5) is 23.3. The van der Waals surface area contributed by atoms with E-state index in [1.165, 1.54) is 29.5 Å². The zero-order chi connectivity index (χ0) is 24.8. The molecule has 1 saturated heterocycles. The summed E-state index contributed by atoms with van der Waals surface area (Å²) in [6.45, 7) is 2.42. The Labute approximate surface area is 211 Å². The van der Waals surface area contributed by atoms with Gasteiger partial charge in [0.25, 0.3) is 0 Å². The van der Waals surface area contributed by atoms with Crippen LogP contribution in [0.25, 0.3) is 0 Å². The first-order valence-corrected chi connectivity index (χ1v) is 12.8. The highest BCUT2D eigenvalue weighted by Crippen LogP contribution is 2.56. The molecule has 1 aliphatic heterocycles. The summed E-state index contributed by atoms with van der Waals surface area (Å²) < 4.78 is 29.6. The average molecular weight is 519 g/mol. The summed E-state index contributed by atoms with van der Waals surface area (Å²) in [7, 11) is 0. The maximum absolute atomic E-state index is 14.9. The third-order valence-corrected chi connectivity index (χ3v) is 8.30. The van der Waals surface area contributed by atoms with Gasteiger partial charge in [0, 0.05) is 41.7 Å². The lowest BCUT2D eigenvalue weighted by atomic mass is 9.71. The average Bonchev–Trinajstić information content (AvgIpc) is 3.45. The molecule has 0 amide bonds. The van der Waals surface area contributed by atoms with Gasteiger partial charge in [-0.15, -0.1) is 11.3 Å². The molecule has 35 heavy (non-hydrogen) atoms.